The first kappa shape index (κ1) is 49.9. The number of amides is 3. The maximum absolute atomic E-state index is 13.4. The summed E-state index contributed by atoms with van der Waals surface area (Å²) in [6.45, 7) is 7.03. The first-order chi connectivity index (χ1) is 30.0. The van der Waals surface area contributed by atoms with Gasteiger partial charge in [0, 0.05) is 67.5 Å². The van der Waals surface area contributed by atoms with Crippen LogP contribution in [0.1, 0.15) is 47.3 Å². The number of quaternary nitrogens is 1. The Morgan fingerprint density at radius 1 is 0.710 bits per heavy atom. The van der Waals surface area contributed by atoms with Crippen LogP contribution >= 0.6 is 11.6 Å². The smallest absolute Gasteiger partial charge is 0.274 e. The number of carbonyl (C=O) groups is 3. The molecular weight excluding hydrogens is 820 g/mol. The van der Waals surface area contributed by atoms with Crippen molar-refractivity contribution in [3.63, 3.8) is 0 Å². The van der Waals surface area contributed by atoms with Gasteiger partial charge in [0.05, 0.1) is 58.6 Å². The Bertz CT molecular complexity index is 1720. The van der Waals surface area contributed by atoms with Gasteiger partial charge in [-0.15, -0.1) is 0 Å². The molecule has 17 nitrogen and oxygen atoms in total. The highest BCUT2D eigenvalue weighted by Crippen LogP contribution is 2.25. The average molecular weight is 887 g/mol. The van der Waals surface area contributed by atoms with Crippen LogP contribution in [-0.2, 0) is 41.4 Å². The van der Waals surface area contributed by atoms with E-state index in [0.29, 0.717) is 64.1 Å². The maximum Gasteiger partial charge on any atom is 0.274 e. The number of methoxy groups -OCH3 is 4. The topological polar surface area (TPSA) is 203 Å². The molecule has 2 aromatic carbocycles. The van der Waals surface area contributed by atoms with E-state index in [-0.39, 0.29) is 53.6 Å². The summed E-state index contributed by atoms with van der Waals surface area (Å²) >= 11 is 6.09. The number of nitrogen functional groups attached to an aromatic ring is 2. The van der Waals surface area contributed by atoms with Gasteiger partial charge in [-0.25, -0.2) is 9.97 Å². The lowest BCUT2D eigenvalue weighted by molar-refractivity contribution is -0.933. The predicted molar refractivity (Wildman–Crippen MR) is 237 cm³/mol. The highest BCUT2D eigenvalue weighted by molar-refractivity contribution is 6.31. The van der Waals surface area contributed by atoms with Gasteiger partial charge < -0.3 is 59.5 Å². The number of nitrogens with zero attached hydrogens (tertiary/aromatic N) is 5. The van der Waals surface area contributed by atoms with E-state index >= 15 is 0 Å². The van der Waals surface area contributed by atoms with Crippen molar-refractivity contribution in [2.75, 3.05) is 132 Å². The maximum atomic E-state index is 13.4. The fourth-order valence-corrected chi connectivity index (χ4v) is 7.69. The largest absolute Gasteiger partial charge is 0.484 e. The number of piperidine rings is 1. The first-order valence-electron chi connectivity index (χ1n) is 21.2. The molecule has 1 fully saturated rings. The Labute approximate surface area is 370 Å². The number of nitrogens with one attached hydrogen (secondary N) is 1. The lowest BCUT2D eigenvalue weighted by atomic mass is 9.99. The number of rotatable bonds is 28. The van der Waals surface area contributed by atoms with E-state index in [0.717, 1.165) is 69.2 Å². The van der Waals surface area contributed by atoms with Crippen LogP contribution in [0.3, 0.4) is 0 Å². The summed E-state index contributed by atoms with van der Waals surface area (Å²) in [4.78, 5) is 50.5. The molecule has 1 saturated heterocycles. The van der Waals surface area contributed by atoms with Crippen LogP contribution in [0, 0.1) is 0 Å². The second-order valence-electron chi connectivity index (χ2n) is 15.4. The van der Waals surface area contributed by atoms with Crippen molar-refractivity contribution < 1.29 is 47.3 Å². The minimum atomic E-state index is -0.426. The lowest BCUT2D eigenvalue weighted by Gasteiger charge is -2.45. The Morgan fingerprint density at radius 3 is 1.60 bits per heavy atom. The van der Waals surface area contributed by atoms with E-state index in [1.54, 1.807) is 38.2 Å². The van der Waals surface area contributed by atoms with E-state index in [1.807, 2.05) is 48.5 Å². The van der Waals surface area contributed by atoms with Crippen LogP contribution in [0.5, 0.6) is 11.5 Å². The van der Waals surface area contributed by atoms with Crippen LogP contribution < -0.4 is 26.3 Å². The molecule has 3 aromatic rings. The molecular formula is C44H66ClN8O9+. The van der Waals surface area contributed by atoms with Gasteiger partial charge in [-0.05, 0) is 61.1 Å². The van der Waals surface area contributed by atoms with E-state index < -0.39 is 5.91 Å². The summed E-state index contributed by atoms with van der Waals surface area (Å²) < 4.78 is 33.1. The molecule has 1 aliphatic heterocycles. The number of likely N-dealkylation sites (tertiary alicyclic amines) is 1. The zero-order valence-electron chi connectivity index (χ0n) is 36.8. The summed E-state index contributed by atoms with van der Waals surface area (Å²) in [6.07, 6.45) is 5.33. The van der Waals surface area contributed by atoms with Gasteiger partial charge in [-0.1, -0.05) is 35.9 Å². The van der Waals surface area contributed by atoms with Crippen molar-refractivity contribution >= 4 is 41.0 Å². The molecule has 0 unspecified atom stereocenters. The van der Waals surface area contributed by atoms with Gasteiger partial charge in [0.25, 0.3) is 17.7 Å². The third kappa shape index (κ3) is 16.5. The van der Waals surface area contributed by atoms with Gasteiger partial charge in [0.15, 0.2) is 35.7 Å². The molecule has 3 amide bonds. The number of halogens is 1. The standard InChI is InChI=1S/C44H65ClN8O9/c1-57-26-19-51(20-27-58-2)38(54)31-61-36-15-11-33(12-16-36)8-5-23-53(25-7-10-35(30-53)48-44(56)40-42(46)50-43(47)41(45)49-40)24-6-9-34-13-17-37(18-14-34)62-32-39(55)52(21-28-59-3)22-29-60-4/h11-18,35H,5-10,19-32H2,1-4H3,(H4-,46,47,48,50,56)/p+1/t35-/m0/s1. The van der Waals surface area contributed by atoms with Crippen LogP contribution in [-0.4, -0.2) is 168 Å². The Balaban J connectivity index is 1.36. The third-order valence-corrected chi connectivity index (χ3v) is 11.3. The molecule has 18 heteroatoms. The Morgan fingerprint density at radius 2 is 1.16 bits per heavy atom. The second-order valence-corrected chi connectivity index (χ2v) is 15.8. The average Bonchev–Trinajstić information content (AvgIpc) is 3.27. The number of anilines is 2. The predicted octanol–water partition coefficient (Wildman–Crippen LogP) is 3.27. The molecule has 0 radical (unpaired) electrons. The molecule has 1 aromatic heterocycles. The summed E-state index contributed by atoms with van der Waals surface area (Å²) in [7, 11) is 6.42. The first-order valence-corrected chi connectivity index (χ1v) is 21.6. The third-order valence-electron chi connectivity index (χ3n) is 11.0. The number of hydrogen-bond donors (Lipinski definition) is 3. The number of hydrogen-bond acceptors (Lipinski definition) is 13. The minimum absolute atomic E-state index is 0.0267. The van der Waals surface area contributed by atoms with Gasteiger partial charge in [-0.2, -0.15) is 0 Å². The molecule has 0 saturated carbocycles. The number of aryl methyl sites for hydroxylation is 2. The van der Waals surface area contributed by atoms with E-state index in [9.17, 15) is 14.4 Å². The summed E-state index contributed by atoms with van der Waals surface area (Å²) in [5.74, 6) is 0.479. The molecule has 2 heterocycles. The van der Waals surface area contributed by atoms with E-state index in [2.05, 4.69) is 15.3 Å². The Hall–Kier alpha value is -4.78. The number of nitrogens with two attached hydrogens (primary N) is 2. The quantitative estimate of drug-likeness (QED) is 0.0898. The van der Waals surface area contributed by atoms with Crippen molar-refractivity contribution in [1.29, 1.82) is 0 Å². The van der Waals surface area contributed by atoms with E-state index in [1.165, 1.54) is 11.1 Å². The van der Waals surface area contributed by atoms with Crippen molar-refractivity contribution in [2.24, 2.45) is 0 Å². The zero-order valence-corrected chi connectivity index (χ0v) is 37.5. The minimum Gasteiger partial charge on any atom is -0.484 e. The van der Waals surface area contributed by atoms with Crippen LogP contribution in [0.2, 0.25) is 5.15 Å². The van der Waals surface area contributed by atoms with E-state index in [4.69, 9.17) is 51.5 Å². The molecule has 0 spiro atoms. The molecule has 0 aliphatic carbocycles. The molecule has 1 atom stereocenters. The monoisotopic (exact) mass is 885 g/mol. The molecule has 0 bridgehead atoms. The fourth-order valence-electron chi connectivity index (χ4n) is 7.56. The Kier molecular flexibility index (Phi) is 21.4. The lowest BCUT2D eigenvalue weighted by Crippen LogP contribution is -2.60. The number of ether oxygens (including phenoxy) is 6. The van der Waals surface area contributed by atoms with Crippen molar-refractivity contribution in [3.05, 3.63) is 70.5 Å². The summed E-state index contributed by atoms with van der Waals surface area (Å²) in [5.41, 5.74) is 14.1. The highest BCUT2D eigenvalue weighted by atomic mass is 35.5. The normalized spacial score (nSPS) is 14.6. The van der Waals surface area contributed by atoms with Gasteiger partial charge in [0.2, 0.25) is 0 Å². The van der Waals surface area contributed by atoms with Crippen molar-refractivity contribution in [2.45, 2.75) is 44.6 Å². The van der Waals surface area contributed by atoms with Gasteiger partial charge >= 0.3 is 0 Å². The number of aromatic nitrogens is 2. The van der Waals surface area contributed by atoms with Crippen LogP contribution in [0.25, 0.3) is 0 Å². The molecule has 342 valence electrons. The molecule has 5 N–H and O–H groups in total. The molecule has 4 rings (SSSR count). The SMILES string of the molecule is COCCN(CCOC)C(=O)COc1ccc(CCC[N+]2(CCCc3ccc(OCC(=O)N(CCOC)CCOC)cc3)CCC[C@H](NC(=O)c3nc(Cl)c(N)nc3N)C2)cc1. The van der Waals surface area contributed by atoms with Gasteiger partial charge in [-0.3, -0.25) is 14.4 Å². The number of benzene rings is 2. The van der Waals surface area contributed by atoms with Gasteiger partial charge in [0.1, 0.15) is 11.5 Å². The van der Waals surface area contributed by atoms with Crippen molar-refractivity contribution in [1.82, 2.24) is 25.1 Å². The van der Waals surface area contributed by atoms with Crippen LogP contribution in [0.15, 0.2) is 48.5 Å². The van der Waals surface area contributed by atoms with Crippen molar-refractivity contribution in [3.8, 4) is 11.5 Å². The summed E-state index contributed by atoms with van der Waals surface area (Å²) in [5, 5.41) is 3.09. The fraction of sp³-hybridized carbons (Fsp3) is 0.568. The number of carbonyl (C=O) groups excluding carboxylic acids is 3. The summed E-state index contributed by atoms with van der Waals surface area (Å²) in [6, 6.07) is 15.7. The second kappa shape index (κ2) is 26.6. The molecule has 62 heavy (non-hydrogen) atoms. The highest BCUT2D eigenvalue weighted by Gasteiger charge is 2.36. The van der Waals surface area contributed by atoms with Crippen LogP contribution in [0.4, 0.5) is 11.6 Å². The molecule has 1 aliphatic rings. The zero-order chi connectivity index (χ0) is 44.7.